The van der Waals surface area contributed by atoms with Gasteiger partial charge in [-0.1, -0.05) is 34.1 Å². The zero-order valence-corrected chi connectivity index (χ0v) is 13.3. The number of sulfonamides is 1. The standard InChI is InChI=1S/C14H13BrFNO3S/c15-12-3-1-2-10(6-12)8-17-21(19,20)14-7-11(9-18)4-5-13(14)16/h1-7,17-18H,8-9H2. The van der Waals surface area contributed by atoms with Crippen molar-refractivity contribution in [1.82, 2.24) is 4.72 Å². The molecule has 4 nitrogen and oxygen atoms in total. The highest BCUT2D eigenvalue weighted by Crippen LogP contribution is 2.17. The molecule has 0 radical (unpaired) electrons. The summed E-state index contributed by atoms with van der Waals surface area (Å²) in [5.74, 6) is -0.853. The maximum absolute atomic E-state index is 13.7. The van der Waals surface area contributed by atoms with Gasteiger partial charge in [0.1, 0.15) is 10.7 Å². The van der Waals surface area contributed by atoms with Gasteiger partial charge in [0.05, 0.1) is 6.61 Å². The van der Waals surface area contributed by atoms with Crippen molar-refractivity contribution in [2.75, 3.05) is 0 Å². The summed E-state index contributed by atoms with van der Waals surface area (Å²) in [5.41, 5.74) is 1.07. The minimum Gasteiger partial charge on any atom is -0.392 e. The van der Waals surface area contributed by atoms with E-state index in [1.165, 1.54) is 6.07 Å². The topological polar surface area (TPSA) is 66.4 Å². The van der Waals surface area contributed by atoms with Crippen LogP contribution in [0, 0.1) is 5.82 Å². The lowest BCUT2D eigenvalue weighted by Gasteiger charge is -2.09. The monoisotopic (exact) mass is 373 g/mol. The third-order valence-electron chi connectivity index (χ3n) is 2.82. The number of nitrogens with one attached hydrogen (secondary N) is 1. The van der Waals surface area contributed by atoms with Gasteiger partial charge < -0.3 is 5.11 Å². The molecule has 0 fully saturated rings. The van der Waals surface area contributed by atoms with Crippen LogP contribution in [0.3, 0.4) is 0 Å². The van der Waals surface area contributed by atoms with Gasteiger partial charge in [0.2, 0.25) is 10.0 Å². The van der Waals surface area contributed by atoms with Crippen LogP contribution in [0.15, 0.2) is 51.8 Å². The summed E-state index contributed by atoms with van der Waals surface area (Å²) in [6.07, 6.45) is 0. The predicted octanol–water partition coefficient (Wildman–Crippen LogP) is 2.56. The molecule has 21 heavy (non-hydrogen) atoms. The first kappa shape index (κ1) is 16.1. The molecule has 112 valence electrons. The van der Waals surface area contributed by atoms with Crippen LogP contribution in [-0.4, -0.2) is 13.5 Å². The Kier molecular flexibility index (Phi) is 5.10. The number of aliphatic hydroxyl groups is 1. The zero-order valence-electron chi connectivity index (χ0n) is 10.9. The lowest BCUT2D eigenvalue weighted by molar-refractivity contribution is 0.281. The highest BCUT2D eigenvalue weighted by molar-refractivity contribution is 9.10. The second-order valence-corrected chi connectivity index (χ2v) is 7.03. The minimum atomic E-state index is -3.99. The van der Waals surface area contributed by atoms with Gasteiger partial charge in [-0.25, -0.2) is 17.5 Å². The number of hydrogen-bond acceptors (Lipinski definition) is 3. The molecule has 2 N–H and O–H groups in total. The van der Waals surface area contributed by atoms with Crippen LogP contribution in [0.4, 0.5) is 4.39 Å². The van der Waals surface area contributed by atoms with Gasteiger partial charge in [0.25, 0.3) is 0 Å². The summed E-state index contributed by atoms with van der Waals surface area (Å²) >= 11 is 3.29. The zero-order chi connectivity index (χ0) is 15.5. The fourth-order valence-corrected chi connectivity index (χ4v) is 3.35. The first-order valence-electron chi connectivity index (χ1n) is 6.06. The van der Waals surface area contributed by atoms with E-state index in [9.17, 15) is 12.8 Å². The first-order valence-corrected chi connectivity index (χ1v) is 8.33. The summed E-state index contributed by atoms with van der Waals surface area (Å²) in [5, 5.41) is 9.01. The molecule has 0 aromatic heterocycles. The quantitative estimate of drug-likeness (QED) is 0.846. The number of aliphatic hydroxyl groups excluding tert-OH is 1. The lowest BCUT2D eigenvalue weighted by Crippen LogP contribution is -2.24. The van der Waals surface area contributed by atoms with Crippen molar-refractivity contribution >= 4 is 26.0 Å². The Bertz CT molecular complexity index is 750. The number of benzene rings is 2. The largest absolute Gasteiger partial charge is 0.392 e. The molecular formula is C14H13BrFNO3S. The lowest BCUT2D eigenvalue weighted by atomic mass is 10.2. The molecule has 2 aromatic carbocycles. The highest BCUT2D eigenvalue weighted by atomic mass is 79.9. The fraction of sp³-hybridized carbons (Fsp3) is 0.143. The molecule has 0 heterocycles. The minimum absolute atomic E-state index is 0.0462. The number of rotatable bonds is 5. The average Bonchev–Trinajstić information content (AvgIpc) is 2.46. The van der Waals surface area contributed by atoms with Gasteiger partial charge >= 0.3 is 0 Å². The van der Waals surface area contributed by atoms with E-state index in [1.54, 1.807) is 18.2 Å². The van der Waals surface area contributed by atoms with Crippen molar-refractivity contribution in [3.05, 3.63) is 63.9 Å². The Hall–Kier alpha value is -1.28. The molecule has 0 aliphatic carbocycles. The van der Waals surface area contributed by atoms with E-state index in [4.69, 9.17) is 5.11 Å². The molecule has 0 aliphatic rings. The summed E-state index contributed by atoms with van der Waals surface area (Å²) < 4.78 is 41.1. The maximum Gasteiger partial charge on any atom is 0.243 e. The van der Waals surface area contributed by atoms with Gasteiger partial charge in [-0.2, -0.15) is 0 Å². The van der Waals surface area contributed by atoms with Gasteiger partial charge in [-0.15, -0.1) is 0 Å². The van der Waals surface area contributed by atoms with E-state index >= 15 is 0 Å². The summed E-state index contributed by atoms with van der Waals surface area (Å²) in [7, 11) is -3.99. The van der Waals surface area contributed by atoms with Gasteiger partial charge in [0.15, 0.2) is 0 Å². The molecule has 0 atom stereocenters. The highest BCUT2D eigenvalue weighted by Gasteiger charge is 2.19. The van der Waals surface area contributed by atoms with Crippen LogP contribution in [0.5, 0.6) is 0 Å². The smallest absolute Gasteiger partial charge is 0.243 e. The third-order valence-corrected chi connectivity index (χ3v) is 4.73. The molecule has 7 heteroatoms. The van der Waals surface area contributed by atoms with Crippen LogP contribution in [0.2, 0.25) is 0 Å². The van der Waals surface area contributed by atoms with Crippen LogP contribution in [-0.2, 0) is 23.2 Å². The Balaban J connectivity index is 2.22. The van der Waals surface area contributed by atoms with Crippen molar-refractivity contribution in [3.63, 3.8) is 0 Å². The molecule has 0 unspecified atom stereocenters. The Morgan fingerprint density at radius 3 is 2.57 bits per heavy atom. The summed E-state index contributed by atoms with van der Waals surface area (Å²) in [6.45, 7) is -0.307. The molecule has 0 bridgehead atoms. The van der Waals surface area contributed by atoms with Gasteiger partial charge in [-0.05, 0) is 35.4 Å². The molecule has 0 saturated heterocycles. The molecule has 0 aliphatic heterocycles. The molecule has 2 aromatic rings. The van der Waals surface area contributed by atoms with Crippen molar-refractivity contribution in [1.29, 1.82) is 0 Å². The van der Waals surface area contributed by atoms with Crippen molar-refractivity contribution < 1.29 is 17.9 Å². The van der Waals surface area contributed by atoms with E-state index in [-0.39, 0.29) is 13.2 Å². The molecule has 0 amide bonds. The van der Waals surface area contributed by atoms with E-state index in [1.807, 2.05) is 6.07 Å². The van der Waals surface area contributed by atoms with E-state index in [0.717, 1.165) is 22.2 Å². The Labute approximate surface area is 130 Å². The van der Waals surface area contributed by atoms with Crippen LogP contribution >= 0.6 is 15.9 Å². The van der Waals surface area contributed by atoms with E-state index in [0.29, 0.717) is 5.56 Å². The van der Waals surface area contributed by atoms with Gasteiger partial charge in [0, 0.05) is 11.0 Å². The van der Waals surface area contributed by atoms with Crippen LogP contribution < -0.4 is 4.72 Å². The molecule has 0 saturated carbocycles. The second-order valence-electron chi connectivity index (χ2n) is 4.38. The predicted molar refractivity (Wildman–Crippen MR) is 80.5 cm³/mol. The van der Waals surface area contributed by atoms with Crippen molar-refractivity contribution in [3.8, 4) is 0 Å². The Morgan fingerprint density at radius 2 is 1.90 bits per heavy atom. The first-order chi connectivity index (χ1) is 9.92. The number of halogens is 2. The van der Waals surface area contributed by atoms with Crippen LogP contribution in [0.1, 0.15) is 11.1 Å². The van der Waals surface area contributed by atoms with Gasteiger partial charge in [-0.3, -0.25) is 0 Å². The van der Waals surface area contributed by atoms with Crippen molar-refractivity contribution in [2.45, 2.75) is 18.0 Å². The number of hydrogen-bond donors (Lipinski definition) is 2. The molecule has 0 spiro atoms. The molecular weight excluding hydrogens is 361 g/mol. The Morgan fingerprint density at radius 1 is 1.14 bits per heavy atom. The summed E-state index contributed by atoms with van der Waals surface area (Å²) in [6, 6.07) is 10.6. The maximum atomic E-state index is 13.7. The third kappa shape index (κ3) is 4.10. The second kappa shape index (κ2) is 6.65. The van der Waals surface area contributed by atoms with Crippen LogP contribution in [0.25, 0.3) is 0 Å². The molecule has 2 rings (SSSR count). The normalized spacial score (nSPS) is 11.6. The van der Waals surface area contributed by atoms with E-state index in [2.05, 4.69) is 20.7 Å². The fourth-order valence-electron chi connectivity index (χ4n) is 1.76. The average molecular weight is 374 g/mol. The van der Waals surface area contributed by atoms with E-state index < -0.39 is 20.7 Å². The van der Waals surface area contributed by atoms with Crippen molar-refractivity contribution in [2.24, 2.45) is 0 Å². The SMILES string of the molecule is O=S(=O)(NCc1cccc(Br)c1)c1cc(CO)ccc1F. The summed E-state index contributed by atoms with van der Waals surface area (Å²) in [4.78, 5) is -0.468.